The lowest BCUT2D eigenvalue weighted by atomic mass is 10.1. The summed E-state index contributed by atoms with van der Waals surface area (Å²) in [6.45, 7) is 0.187. The number of rotatable bonds is 5. The average Bonchev–Trinajstić information content (AvgIpc) is 3.19. The van der Waals surface area contributed by atoms with Gasteiger partial charge in [-0.1, -0.05) is 0 Å². The first-order valence-electron chi connectivity index (χ1n) is 6.96. The van der Waals surface area contributed by atoms with Crippen LogP contribution in [0.2, 0.25) is 0 Å². The SMILES string of the molecule is COCC1=NN(c2ccc(C(=O)O)cc2)C(=O)/C1=C\c1nccs1. The molecule has 0 radical (unpaired) electrons. The molecule has 122 valence electrons. The van der Waals surface area contributed by atoms with E-state index in [9.17, 15) is 9.59 Å². The summed E-state index contributed by atoms with van der Waals surface area (Å²) in [6.07, 6.45) is 3.34. The van der Waals surface area contributed by atoms with Gasteiger partial charge in [-0.05, 0) is 30.3 Å². The number of thiazole rings is 1. The summed E-state index contributed by atoms with van der Waals surface area (Å²) in [5.41, 5.74) is 1.54. The summed E-state index contributed by atoms with van der Waals surface area (Å²) in [7, 11) is 1.53. The third-order valence-electron chi connectivity index (χ3n) is 3.31. The molecule has 1 N–H and O–H groups in total. The summed E-state index contributed by atoms with van der Waals surface area (Å²) in [6, 6.07) is 5.95. The molecule has 3 rings (SSSR count). The molecular weight excluding hydrogens is 330 g/mol. The third kappa shape index (κ3) is 3.10. The predicted molar refractivity (Wildman–Crippen MR) is 90.3 cm³/mol. The van der Waals surface area contributed by atoms with Gasteiger partial charge in [-0.2, -0.15) is 10.1 Å². The van der Waals surface area contributed by atoms with E-state index >= 15 is 0 Å². The zero-order valence-corrected chi connectivity index (χ0v) is 13.5. The molecule has 1 aliphatic rings. The number of anilines is 1. The van der Waals surface area contributed by atoms with Gasteiger partial charge in [0.2, 0.25) is 0 Å². The molecule has 0 atom stereocenters. The molecule has 1 amide bonds. The fourth-order valence-corrected chi connectivity index (χ4v) is 2.76. The Bertz CT molecular complexity index is 826. The number of carbonyl (C=O) groups is 2. The van der Waals surface area contributed by atoms with Gasteiger partial charge >= 0.3 is 5.97 Å². The van der Waals surface area contributed by atoms with E-state index in [1.54, 1.807) is 24.4 Å². The van der Waals surface area contributed by atoms with Gasteiger partial charge in [0.1, 0.15) is 10.7 Å². The van der Waals surface area contributed by atoms with Gasteiger partial charge in [-0.25, -0.2) is 9.78 Å². The minimum Gasteiger partial charge on any atom is -0.478 e. The molecule has 0 spiro atoms. The van der Waals surface area contributed by atoms with E-state index in [2.05, 4.69) is 10.1 Å². The number of carbonyl (C=O) groups excluding carboxylic acids is 1. The van der Waals surface area contributed by atoms with Crippen LogP contribution in [-0.4, -0.2) is 41.4 Å². The van der Waals surface area contributed by atoms with Gasteiger partial charge in [0.15, 0.2) is 0 Å². The fourth-order valence-electron chi connectivity index (χ4n) is 2.20. The monoisotopic (exact) mass is 343 g/mol. The van der Waals surface area contributed by atoms with Crippen molar-refractivity contribution in [2.45, 2.75) is 0 Å². The number of carboxylic acid groups (broad SMARTS) is 1. The van der Waals surface area contributed by atoms with E-state index in [1.807, 2.05) is 5.38 Å². The Morgan fingerprint density at radius 3 is 2.71 bits per heavy atom. The van der Waals surface area contributed by atoms with E-state index in [4.69, 9.17) is 9.84 Å². The van der Waals surface area contributed by atoms with Crippen molar-refractivity contribution in [2.75, 3.05) is 18.7 Å². The number of aromatic carboxylic acids is 1. The maximum Gasteiger partial charge on any atom is 0.335 e. The Labute approximate surface area is 141 Å². The standard InChI is InChI=1S/C16H13N3O4S/c1-23-9-13-12(8-14-17-6-7-24-14)15(20)19(18-13)11-4-2-10(3-5-11)16(21)22/h2-8H,9H2,1H3,(H,21,22)/b12-8-. The van der Waals surface area contributed by atoms with E-state index < -0.39 is 5.97 Å². The quantitative estimate of drug-likeness (QED) is 0.841. The molecule has 0 unspecified atom stereocenters. The molecule has 0 saturated heterocycles. The minimum atomic E-state index is -1.03. The molecule has 8 heteroatoms. The normalized spacial score (nSPS) is 15.9. The number of nitrogens with zero attached hydrogens (tertiary/aromatic N) is 3. The number of hydrogen-bond acceptors (Lipinski definition) is 6. The number of amides is 1. The second-order valence-corrected chi connectivity index (χ2v) is 5.80. The molecule has 7 nitrogen and oxygen atoms in total. The third-order valence-corrected chi connectivity index (χ3v) is 4.04. The summed E-state index contributed by atoms with van der Waals surface area (Å²) < 4.78 is 5.11. The Morgan fingerprint density at radius 2 is 2.12 bits per heavy atom. The highest BCUT2D eigenvalue weighted by Crippen LogP contribution is 2.26. The van der Waals surface area contributed by atoms with E-state index in [-0.39, 0.29) is 18.1 Å². The first-order chi connectivity index (χ1) is 11.6. The maximum absolute atomic E-state index is 12.7. The van der Waals surface area contributed by atoms with E-state index in [0.29, 0.717) is 22.0 Å². The van der Waals surface area contributed by atoms with Crippen LogP contribution in [0.4, 0.5) is 5.69 Å². The van der Waals surface area contributed by atoms with Crippen molar-refractivity contribution in [1.82, 2.24) is 4.98 Å². The van der Waals surface area contributed by atoms with Crippen LogP contribution in [-0.2, 0) is 9.53 Å². The molecule has 2 aromatic rings. The second kappa shape index (κ2) is 6.73. The lowest BCUT2D eigenvalue weighted by molar-refractivity contribution is -0.114. The molecule has 0 aliphatic carbocycles. The van der Waals surface area contributed by atoms with Crippen molar-refractivity contribution in [3.05, 3.63) is 52.0 Å². The molecule has 1 aromatic carbocycles. The zero-order chi connectivity index (χ0) is 17.1. The van der Waals surface area contributed by atoms with Gasteiger partial charge in [0.05, 0.1) is 23.4 Å². The highest BCUT2D eigenvalue weighted by Gasteiger charge is 2.31. The molecule has 1 aliphatic heterocycles. The average molecular weight is 343 g/mol. The van der Waals surface area contributed by atoms with Gasteiger partial charge in [0, 0.05) is 18.7 Å². The van der Waals surface area contributed by atoms with Gasteiger partial charge in [-0.15, -0.1) is 11.3 Å². The second-order valence-electron chi connectivity index (χ2n) is 4.88. The molecule has 0 fully saturated rings. The Morgan fingerprint density at radius 1 is 1.38 bits per heavy atom. The van der Waals surface area contributed by atoms with Crippen molar-refractivity contribution in [1.29, 1.82) is 0 Å². The molecule has 24 heavy (non-hydrogen) atoms. The lowest BCUT2D eigenvalue weighted by Crippen LogP contribution is -2.21. The fraction of sp³-hybridized carbons (Fsp3) is 0.125. The summed E-state index contributed by atoms with van der Waals surface area (Å²) in [5.74, 6) is -1.33. The number of aromatic nitrogens is 1. The van der Waals surface area contributed by atoms with Crippen molar-refractivity contribution < 1.29 is 19.4 Å². The molecule has 2 heterocycles. The zero-order valence-electron chi connectivity index (χ0n) is 12.7. The van der Waals surface area contributed by atoms with Crippen LogP contribution in [0, 0.1) is 0 Å². The molecule has 0 bridgehead atoms. The van der Waals surface area contributed by atoms with E-state index in [1.165, 1.54) is 35.6 Å². The number of hydrogen-bond donors (Lipinski definition) is 1. The summed E-state index contributed by atoms with van der Waals surface area (Å²) in [4.78, 5) is 27.8. The first kappa shape index (κ1) is 16.0. The van der Waals surface area contributed by atoms with Crippen LogP contribution >= 0.6 is 11.3 Å². The number of carboxylic acids is 1. The van der Waals surface area contributed by atoms with Gasteiger partial charge < -0.3 is 9.84 Å². The maximum atomic E-state index is 12.7. The first-order valence-corrected chi connectivity index (χ1v) is 7.84. The topological polar surface area (TPSA) is 92.1 Å². The molecule has 0 saturated carbocycles. The lowest BCUT2D eigenvalue weighted by Gasteiger charge is -2.11. The largest absolute Gasteiger partial charge is 0.478 e. The number of benzene rings is 1. The Balaban J connectivity index is 1.95. The predicted octanol–water partition coefficient (Wildman–Crippen LogP) is 2.27. The molecular formula is C16H13N3O4S. The number of ether oxygens (including phenoxy) is 1. The number of hydrazone groups is 1. The van der Waals surface area contributed by atoms with Crippen LogP contribution in [0.25, 0.3) is 6.08 Å². The molecule has 1 aromatic heterocycles. The van der Waals surface area contributed by atoms with Crippen LogP contribution in [0.15, 0.2) is 46.5 Å². The van der Waals surface area contributed by atoms with Crippen LogP contribution in [0.5, 0.6) is 0 Å². The Hall–Kier alpha value is -2.84. The van der Waals surface area contributed by atoms with Crippen molar-refractivity contribution in [3.63, 3.8) is 0 Å². The highest BCUT2D eigenvalue weighted by atomic mass is 32.1. The van der Waals surface area contributed by atoms with Crippen molar-refractivity contribution >= 4 is 40.7 Å². The van der Waals surface area contributed by atoms with Gasteiger partial charge in [0.25, 0.3) is 5.91 Å². The van der Waals surface area contributed by atoms with E-state index in [0.717, 1.165) is 0 Å². The number of methoxy groups -OCH3 is 1. The van der Waals surface area contributed by atoms with Crippen LogP contribution in [0.1, 0.15) is 15.4 Å². The van der Waals surface area contributed by atoms with Crippen molar-refractivity contribution in [2.24, 2.45) is 5.10 Å². The highest BCUT2D eigenvalue weighted by molar-refractivity contribution is 7.10. The van der Waals surface area contributed by atoms with Gasteiger partial charge in [-0.3, -0.25) is 4.79 Å². The smallest absolute Gasteiger partial charge is 0.335 e. The summed E-state index contributed by atoms with van der Waals surface area (Å²) in [5, 5.41) is 17.0. The van der Waals surface area contributed by atoms with Crippen LogP contribution < -0.4 is 5.01 Å². The summed E-state index contributed by atoms with van der Waals surface area (Å²) >= 11 is 1.41. The Kier molecular flexibility index (Phi) is 4.50. The van der Waals surface area contributed by atoms with Crippen molar-refractivity contribution in [3.8, 4) is 0 Å². The van der Waals surface area contributed by atoms with Crippen LogP contribution in [0.3, 0.4) is 0 Å². The minimum absolute atomic E-state index is 0.144.